The van der Waals surface area contributed by atoms with Crippen molar-refractivity contribution in [3.63, 3.8) is 0 Å². The summed E-state index contributed by atoms with van der Waals surface area (Å²) in [7, 11) is 6.25. The fourth-order valence-electron chi connectivity index (χ4n) is 4.99. The Kier molecular flexibility index (Phi) is 6.02. The first-order valence-corrected chi connectivity index (χ1v) is 11.1. The van der Waals surface area contributed by atoms with Gasteiger partial charge < -0.3 is 19.7 Å². The Labute approximate surface area is 181 Å². The molecule has 2 aromatic rings. The zero-order chi connectivity index (χ0) is 21.5. The molecule has 0 spiro atoms. The van der Waals surface area contributed by atoms with Gasteiger partial charge >= 0.3 is 0 Å². The van der Waals surface area contributed by atoms with E-state index in [1.807, 2.05) is 0 Å². The zero-order valence-electron chi connectivity index (χ0n) is 18.6. The van der Waals surface area contributed by atoms with Crippen LogP contribution in [0.3, 0.4) is 0 Å². The van der Waals surface area contributed by atoms with E-state index in [0.29, 0.717) is 12.8 Å². The molecule has 30 heavy (non-hydrogen) atoms. The van der Waals surface area contributed by atoms with Crippen molar-refractivity contribution in [2.24, 2.45) is 0 Å². The summed E-state index contributed by atoms with van der Waals surface area (Å²) in [5, 5.41) is 19.8. The van der Waals surface area contributed by atoms with E-state index >= 15 is 0 Å². The van der Waals surface area contributed by atoms with E-state index in [1.54, 1.807) is 7.11 Å². The number of benzene rings is 2. The Morgan fingerprint density at radius 2 is 1.90 bits per heavy atom. The second kappa shape index (κ2) is 8.41. The van der Waals surface area contributed by atoms with Gasteiger partial charge in [0.05, 0.1) is 32.0 Å². The molecular weight excluding hydrogens is 374 g/mol. The Morgan fingerprint density at radius 1 is 1.13 bits per heavy atom. The van der Waals surface area contributed by atoms with Crippen LogP contribution in [0.15, 0.2) is 30.3 Å². The molecule has 2 aliphatic rings. The molecule has 0 amide bonds. The summed E-state index contributed by atoms with van der Waals surface area (Å²) in [6.45, 7) is 2.09. The minimum Gasteiger partial charge on any atom is -0.496 e. The quantitative estimate of drug-likeness (QED) is 0.713. The first kappa shape index (κ1) is 21.5. The average molecular weight is 406 g/mol. The van der Waals surface area contributed by atoms with E-state index in [0.717, 1.165) is 17.7 Å². The third-order valence-electron chi connectivity index (χ3n) is 7.03. The van der Waals surface area contributed by atoms with E-state index in [-0.39, 0.29) is 24.0 Å². The molecule has 0 radical (unpaired) electrons. The topological polar surface area (TPSA) is 58.9 Å². The summed E-state index contributed by atoms with van der Waals surface area (Å²) in [5.74, 6) is 0.791. The van der Waals surface area contributed by atoms with Gasteiger partial charge in [0.1, 0.15) is 21.4 Å². The molecule has 4 rings (SSSR count). The second-order valence-electron chi connectivity index (χ2n) is 9.27. The lowest BCUT2D eigenvalue weighted by Crippen LogP contribution is -2.34. The van der Waals surface area contributed by atoms with Gasteiger partial charge in [-0.3, -0.25) is 0 Å². The molecule has 1 heterocycles. The van der Waals surface area contributed by atoms with Crippen LogP contribution in [0.1, 0.15) is 59.3 Å². The maximum atomic E-state index is 10.3. The van der Waals surface area contributed by atoms with Gasteiger partial charge in [-0.1, -0.05) is 30.7 Å². The highest BCUT2D eigenvalue weighted by Gasteiger charge is 2.34. The molecule has 0 saturated carbocycles. The number of rotatable bonds is 6. The van der Waals surface area contributed by atoms with Crippen LogP contribution < -0.4 is 4.74 Å². The SMILES string of the molecule is BC(B)(c1ccc2c(c1)CC2)c1cc(C2CC(O)CC(CO)O2)c(OC)cc1CC. The van der Waals surface area contributed by atoms with E-state index in [1.165, 1.54) is 40.7 Å². The van der Waals surface area contributed by atoms with Crippen LogP contribution in [0.2, 0.25) is 0 Å². The number of hydrogen-bond acceptors (Lipinski definition) is 4. The number of aliphatic hydroxyl groups is 2. The van der Waals surface area contributed by atoms with Crippen molar-refractivity contribution in [2.45, 2.75) is 62.6 Å². The minimum atomic E-state index is -0.485. The van der Waals surface area contributed by atoms with Crippen molar-refractivity contribution in [1.82, 2.24) is 0 Å². The second-order valence-corrected chi connectivity index (χ2v) is 9.27. The fourth-order valence-corrected chi connectivity index (χ4v) is 4.99. The summed E-state index contributed by atoms with van der Waals surface area (Å²) in [5.41, 5.74) is 7.75. The molecule has 3 atom stereocenters. The highest BCUT2D eigenvalue weighted by molar-refractivity contribution is 6.42. The predicted molar refractivity (Wildman–Crippen MR) is 124 cm³/mol. The molecule has 1 saturated heterocycles. The zero-order valence-corrected chi connectivity index (χ0v) is 18.6. The van der Waals surface area contributed by atoms with Crippen molar-refractivity contribution in [3.05, 3.63) is 63.7 Å². The standard InChI is InChI=1S/C24H32B2O4/c1-3-14-9-22(29-2)20(23-11-18(28)10-19(13-27)30-23)12-21(14)24(25,26)17-7-6-15-4-5-16(15)8-17/h6-9,12,18-19,23,27-28H,3-5,10-11,13,25-26H2,1-2H3. The average Bonchev–Trinajstić information content (AvgIpc) is 2.72. The predicted octanol–water partition coefficient (Wildman–Crippen LogP) is 1.40. The summed E-state index contributed by atoms with van der Waals surface area (Å²) in [4.78, 5) is 0. The van der Waals surface area contributed by atoms with Crippen molar-refractivity contribution in [2.75, 3.05) is 13.7 Å². The van der Waals surface area contributed by atoms with Gasteiger partial charge in [0.2, 0.25) is 0 Å². The first-order chi connectivity index (χ1) is 14.4. The van der Waals surface area contributed by atoms with Crippen LogP contribution in [0.5, 0.6) is 5.75 Å². The van der Waals surface area contributed by atoms with Crippen molar-refractivity contribution in [3.8, 4) is 5.75 Å². The molecule has 1 fully saturated rings. The normalized spacial score (nSPS) is 23.5. The number of hydrogen-bond donors (Lipinski definition) is 2. The summed E-state index contributed by atoms with van der Waals surface area (Å²) >= 11 is 0. The van der Waals surface area contributed by atoms with Crippen LogP contribution in [-0.2, 0) is 29.2 Å². The Hall–Kier alpha value is -1.75. The molecule has 3 unspecified atom stereocenters. The van der Waals surface area contributed by atoms with Crippen molar-refractivity contribution in [1.29, 1.82) is 0 Å². The molecule has 0 bridgehead atoms. The monoisotopic (exact) mass is 406 g/mol. The number of aryl methyl sites for hydroxylation is 3. The van der Waals surface area contributed by atoms with Gasteiger partial charge in [-0.15, -0.1) is 0 Å². The van der Waals surface area contributed by atoms with Gasteiger partial charge in [-0.25, -0.2) is 0 Å². The smallest absolute Gasteiger partial charge is 0.124 e. The van der Waals surface area contributed by atoms with E-state index in [4.69, 9.17) is 9.47 Å². The van der Waals surface area contributed by atoms with Crippen LogP contribution >= 0.6 is 0 Å². The third-order valence-corrected chi connectivity index (χ3v) is 7.03. The Morgan fingerprint density at radius 3 is 2.50 bits per heavy atom. The Balaban J connectivity index is 1.79. The first-order valence-electron chi connectivity index (χ1n) is 11.1. The molecule has 1 aliphatic heterocycles. The molecule has 2 N–H and O–H groups in total. The molecule has 6 heteroatoms. The molecule has 2 aromatic carbocycles. The van der Waals surface area contributed by atoms with Crippen molar-refractivity contribution < 1.29 is 19.7 Å². The van der Waals surface area contributed by atoms with Gasteiger partial charge in [0.25, 0.3) is 0 Å². The van der Waals surface area contributed by atoms with E-state index < -0.39 is 6.10 Å². The minimum absolute atomic E-state index is 0.0869. The van der Waals surface area contributed by atoms with Crippen LogP contribution in [0, 0.1) is 0 Å². The lowest BCUT2D eigenvalue weighted by atomic mass is 9.46. The van der Waals surface area contributed by atoms with E-state index in [2.05, 4.69) is 52.9 Å². The molecular formula is C24H32B2O4. The fraction of sp³-hybridized carbons (Fsp3) is 0.500. The highest BCUT2D eigenvalue weighted by atomic mass is 16.5. The summed E-state index contributed by atoms with van der Waals surface area (Å²) in [6, 6.07) is 11.3. The van der Waals surface area contributed by atoms with Crippen LogP contribution in [0.25, 0.3) is 0 Å². The number of ether oxygens (including phenoxy) is 2. The van der Waals surface area contributed by atoms with Gasteiger partial charge in [0.15, 0.2) is 0 Å². The summed E-state index contributed by atoms with van der Waals surface area (Å²) in [6.07, 6.45) is 3.12. The largest absolute Gasteiger partial charge is 0.496 e. The van der Waals surface area contributed by atoms with Gasteiger partial charge in [-0.05, 0) is 58.9 Å². The number of fused-ring (bicyclic) bond motifs is 1. The van der Waals surface area contributed by atoms with Crippen molar-refractivity contribution >= 4 is 15.7 Å². The lowest BCUT2D eigenvalue weighted by molar-refractivity contribution is -0.114. The van der Waals surface area contributed by atoms with Crippen LogP contribution in [0.4, 0.5) is 0 Å². The Bertz CT molecular complexity index is 928. The highest BCUT2D eigenvalue weighted by Crippen LogP contribution is 2.41. The third kappa shape index (κ3) is 3.81. The van der Waals surface area contributed by atoms with Gasteiger partial charge in [-0.2, -0.15) is 0 Å². The molecule has 1 aliphatic carbocycles. The molecule has 158 valence electrons. The number of aliphatic hydroxyl groups excluding tert-OH is 2. The van der Waals surface area contributed by atoms with E-state index in [9.17, 15) is 10.2 Å². The van der Waals surface area contributed by atoms with Crippen LogP contribution in [-0.4, -0.2) is 51.8 Å². The maximum absolute atomic E-state index is 10.3. The maximum Gasteiger partial charge on any atom is 0.124 e. The lowest BCUT2D eigenvalue weighted by Gasteiger charge is -2.36. The van der Waals surface area contributed by atoms with Gasteiger partial charge in [0, 0.05) is 18.4 Å². The number of methoxy groups -OCH3 is 1. The molecule has 4 nitrogen and oxygen atoms in total. The summed E-state index contributed by atoms with van der Waals surface area (Å²) < 4.78 is 11.9. The molecule has 0 aromatic heterocycles.